The van der Waals surface area contributed by atoms with Crippen LogP contribution in [-0.2, 0) is 6.54 Å². The van der Waals surface area contributed by atoms with Crippen molar-refractivity contribution < 1.29 is 4.42 Å². The van der Waals surface area contributed by atoms with E-state index in [1.807, 2.05) is 25.1 Å². The number of hydrogen-bond acceptors (Lipinski definition) is 6. The molecule has 1 aromatic carbocycles. The SMILES string of the molecule is CCNCc1ccc(Sc2nnc(C)o2)c(C#N)c1. The molecule has 0 saturated heterocycles. The van der Waals surface area contributed by atoms with Gasteiger partial charge in [0.2, 0.25) is 5.89 Å². The fourth-order valence-electron chi connectivity index (χ4n) is 1.55. The Morgan fingerprint density at radius 1 is 1.42 bits per heavy atom. The number of aryl methyl sites for hydroxylation is 1. The van der Waals surface area contributed by atoms with Crippen molar-refractivity contribution in [1.82, 2.24) is 15.5 Å². The van der Waals surface area contributed by atoms with Crippen molar-refractivity contribution in [2.75, 3.05) is 6.54 Å². The van der Waals surface area contributed by atoms with Crippen LogP contribution in [0.4, 0.5) is 0 Å². The second kappa shape index (κ2) is 6.36. The molecule has 6 heteroatoms. The molecule has 0 bridgehead atoms. The maximum absolute atomic E-state index is 9.20. The summed E-state index contributed by atoms with van der Waals surface area (Å²) in [5.74, 6) is 0.518. The maximum atomic E-state index is 9.20. The fourth-order valence-corrected chi connectivity index (χ4v) is 2.33. The van der Waals surface area contributed by atoms with Gasteiger partial charge in [-0.2, -0.15) is 5.26 Å². The van der Waals surface area contributed by atoms with Crippen LogP contribution in [0.2, 0.25) is 0 Å². The summed E-state index contributed by atoms with van der Waals surface area (Å²) in [5.41, 5.74) is 1.71. The summed E-state index contributed by atoms with van der Waals surface area (Å²) in [6.07, 6.45) is 0. The highest BCUT2D eigenvalue weighted by Gasteiger charge is 2.10. The summed E-state index contributed by atoms with van der Waals surface area (Å²) in [7, 11) is 0. The fraction of sp³-hybridized carbons (Fsp3) is 0.308. The highest BCUT2D eigenvalue weighted by atomic mass is 32.2. The normalized spacial score (nSPS) is 10.4. The lowest BCUT2D eigenvalue weighted by molar-refractivity contribution is 0.429. The number of nitriles is 1. The first-order valence-electron chi connectivity index (χ1n) is 5.94. The molecule has 0 radical (unpaired) electrons. The molecule has 2 aromatic rings. The van der Waals surface area contributed by atoms with Crippen LogP contribution in [0.15, 0.2) is 32.7 Å². The Labute approximate surface area is 116 Å². The van der Waals surface area contributed by atoms with E-state index >= 15 is 0 Å². The van der Waals surface area contributed by atoms with Gasteiger partial charge in [0, 0.05) is 18.4 Å². The van der Waals surface area contributed by atoms with Crippen molar-refractivity contribution in [3.63, 3.8) is 0 Å². The second-order valence-electron chi connectivity index (χ2n) is 3.91. The van der Waals surface area contributed by atoms with Gasteiger partial charge in [-0.1, -0.05) is 13.0 Å². The van der Waals surface area contributed by atoms with E-state index in [-0.39, 0.29) is 0 Å². The Hall–Kier alpha value is -1.84. The van der Waals surface area contributed by atoms with Gasteiger partial charge in [-0.05, 0) is 36.0 Å². The van der Waals surface area contributed by atoms with Crippen molar-refractivity contribution in [3.05, 3.63) is 35.2 Å². The van der Waals surface area contributed by atoms with Gasteiger partial charge >= 0.3 is 0 Å². The van der Waals surface area contributed by atoms with Crippen molar-refractivity contribution in [2.24, 2.45) is 0 Å². The van der Waals surface area contributed by atoms with Gasteiger partial charge in [0.15, 0.2) is 0 Å². The Morgan fingerprint density at radius 3 is 2.89 bits per heavy atom. The average Bonchev–Trinajstić information content (AvgIpc) is 2.83. The number of nitrogens with one attached hydrogen (secondary N) is 1. The first kappa shape index (κ1) is 13.6. The van der Waals surface area contributed by atoms with E-state index in [0.717, 1.165) is 23.5 Å². The molecule has 0 unspecified atom stereocenters. The largest absolute Gasteiger partial charge is 0.416 e. The first-order chi connectivity index (χ1) is 9.22. The number of aromatic nitrogens is 2. The Bertz CT molecular complexity index is 603. The van der Waals surface area contributed by atoms with Crippen LogP contribution >= 0.6 is 11.8 Å². The summed E-state index contributed by atoms with van der Waals surface area (Å²) >= 11 is 1.31. The highest BCUT2D eigenvalue weighted by Crippen LogP contribution is 2.29. The van der Waals surface area contributed by atoms with Crippen LogP contribution in [0.3, 0.4) is 0 Å². The zero-order valence-corrected chi connectivity index (χ0v) is 11.6. The van der Waals surface area contributed by atoms with Crippen molar-refractivity contribution in [3.8, 4) is 6.07 Å². The van der Waals surface area contributed by atoms with Gasteiger partial charge in [0.1, 0.15) is 6.07 Å². The third-order valence-electron chi connectivity index (χ3n) is 2.45. The molecule has 0 fully saturated rings. The first-order valence-corrected chi connectivity index (χ1v) is 6.76. The molecular weight excluding hydrogens is 260 g/mol. The summed E-state index contributed by atoms with van der Waals surface area (Å²) < 4.78 is 5.30. The Balaban J connectivity index is 2.19. The summed E-state index contributed by atoms with van der Waals surface area (Å²) in [6, 6.07) is 7.99. The number of hydrogen-bond donors (Lipinski definition) is 1. The lowest BCUT2D eigenvalue weighted by atomic mass is 10.1. The monoisotopic (exact) mass is 274 g/mol. The molecule has 0 spiro atoms. The van der Waals surface area contributed by atoms with Crippen LogP contribution in [-0.4, -0.2) is 16.7 Å². The minimum absolute atomic E-state index is 0.452. The van der Waals surface area contributed by atoms with Crippen molar-refractivity contribution in [2.45, 2.75) is 30.5 Å². The summed E-state index contributed by atoms with van der Waals surface area (Å²) in [4.78, 5) is 0.825. The Morgan fingerprint density at radius 2 is 2.26 bits per heavy atom. The molecule has 0 aliphatic rings. The quantitative estimate of drug-likeness (QED) is 0.903. The van der Waals surface area contributed by atoms with Crippen LogP contribution in [0, 0.1) is 18.3 Å². The van der Waals surface area contributed by atoms with Gasteiger partial charge in [0.25, 0.3) is 5.22 Å². The molecule has 0 aliphatic carbocycles. The molecule has 0 amide bonds. The molecule has 5 nitrogen and oxygen atoms in total. The number of rotatable bonds is 5. The van der Waals surface area contributed by atoms with Gasteiger partial charge < -0.3 is 9.73 Å². The van der Waals surface area contributed by atoms with E-state index < -0.39 is 0 Å². The summed E-state index contributed by atoms with van der Waals surface area (Å²) in [5, 5.41) is 20.6. The molecule has 0 atom stereocenters. The molecule has 0 aliphatic heterocycles. The van der Waals surface area contributed by atoms with Gasteiger partial charge in [-0.25, -0.2) is 0 Å². The molecular formula is C13H14N4OS. The molecule has 1 N–H and O–H groups in total. The van der Waals surface area contributed by atoms with Crippen LogP contribution < -0.4 is 5.32 Å². The van der Waals surface area contributed by atoms with E-state index in [1.165, 1.54) is 11.8 Å². The maximum Gasteiger partial charge on any atom is 0.281 e. The zero-order chi connectivity index (χ0) is 13.7. The van der Waals surface area contributed by atoms with Gasteiger partial charge in [-0.15, -0.1) is 10.2 Å². The minimum atomic E-state index is 0.452. The van der Waals surface area contributed by atoms with Gasteiger partial charge in [-0.3, -0.25) is 0 Å². The van der Waals surface area contributed by atoms with E-state index in [0.29, 0.717) is 16.7 Å². The molecule has 1 aromatic heterocycles. The van der Waals surface area contributed by atoms with E-state index in [4.69, 9.17) is 4.42 Å². The summed E-state index contributed by atoms with van der Waals surface area (Å²) in [6.45, 7) is 5.45. The van der Waals surface area contributed by atoms with Crippen molar-refractivity contribution in [1.29, 1.82) is 5.26 Å². The lowest BCUT2D eigenvalue weighted by Gasteiger charge is -2.05. The van der Waals surface area contributed by atoms with Crippen LogP contribution in [0.1, 0.15) is 23.9 Å². The standard InChI is InChI=1S/C13H14N4OS/c1-3-15-8-10-4-5-12(11(6-10)7-14)19-13-17-16-9(2)18-13/h4-6,15H,3,8H2,1-2H3. The molecule has 1 heterocycles. The highest BCUT2D eigenvalue weighted by molar-refractivity contribution is 7.99. The zero-order valence-electron chi connectivity index (χ0n) is 10.8. The van der Waals surface area contributed by atoms with Crippen LogP contribution in [0.5, 0.6) is 0 Å². The van der Waals surface area contributed by atoms with E-state index in [9.17, 15) is 5.26 Å². The molecule has 0 saturated carbocycles. The topological polar surface area (TPSA) is 74.7 Å². The van der Waals surface area contributed by atoms with Crippen LogP contribution in [0.25, 0.3) is 0 Å². The third-order valence-corrected chi connectivity index (χ3v) is 3.36. The smallest absolute Gasteiger partial charge is 0.281 e. The second-order valence-corrected chi connectivity index (χ2v) is 4.90. The lowest BCUT2D eigenvalue weighted by Crippen LogP contribution is -2.11. The predicted octanol–water partition coefficient (Wildman–Crippen LogP) is 2.51. The van der Waals surface area contributed by atoms with E-state index in [2.05, 4.69) is 21.6 Å². The molecule has 98 valence electrons. The third kappa shape index (κ3) is 3.56. The molecule has 2 rings (SSSR count). The minimum Gasteiger partial charge on any atom is -0.416 e. The van der Waals surface area contributed by atoms with E-state index in [1.54, 1.807) is 6.92 Å². The predicted molar refractivity (Wildman–Crippen MR) is 71.7 cm³/mol. The van der Waals surface area contributed by atoms with Gasteiger partial charge in [0.05, 0.1) is 5.56 Å². The number of benzene rings is 1. The molecule has 19 heavy (non-hydrogen) atoms. The number of nitrogens with zero attached hydrogens (tertiary/aromatic N) is 3. The Kier molecular flexibility index (Phi) is 4.55. The average molecular weight is 274 g/mol. The van der Waals surface area contributed by atoms with Crippen molar-refractivity contribution >= 4 is 11.8 Å².